The van der Waals surface area contributed by atoms with Gasteiger partial charge in [0, 0.05) is 19.8 Å². The van der Waals surface area contributed by atoms with E-state index in [4.69, 9.17) is 0 Å². The van der Waals surface area contributed by atoms with E-state index in [9.17, 15) is 8.76 Å². The minimum atomic E-state index is -3.29. The van der Waals surface area contributed by atoms with Crippen molar-refractivity contribution in [2.75, 3.05) is 24.7 Å². The van der Waals surface area contributed by atoms with Crippen molar-refractivity contribution >= 4 is 43.5 Å². The van der Waals surface area contributed by atoms with E-state index in [0.29, 0.717) is 16.5 Å². The first-order valence-electron chi connectivity index (χ1n) is 6.81. The molecule has 1 aromatic heterocycles. The molecule has 0 aliphatic heterocycles. The Hall–Kier alpha value is -1.91. The van der Waals surface area contributed by atoms with Crippen molar-refractivity contribution in [2.45, 2.75) is 13.8 Å². The number of azo groups is 1. The molecule has 0 aliphatic carbocycles. The van der Waals surface area contributed by atoms with Gasteiger partial charge in [-0.1, -0.05) is 18.3 Å². The second-order valence-corrected chi connectivity index (χ2v) is 7.99. The van der Waals surface area contributed by atoms with Crippen molar-refractivity contribution in [3.05, 3.63) is 23.2 Å². The van der Waals surface area contributed by atoms with Gasteiger partial charge < -0.3 is 9.45 Å². The van der Waals surface area contributed by atoms with Crippen molar-refractivity contribution in [3.8, 4) is 0 Å². The Morgan fingerprint density at radius 1 is 1.26 bits per heavy atom. The topological polar surface area (TPSA) is 103 Å². The lowest BCUT2D eigenvalue weighted by Gasteiger charge is -2.13. The van der Waals surface area contributed by atoms with Gasteiger partial charge >= 0.3 is 0 Å². The Morgan fingerprint density at radius 2 is 2.00 bits per heavy atom. The summed E-state index contributed by atoms with van der Waals surface area (Å²) in [5.74, 6) is 0.0331. The monoisotopic (exact) mass is 354 g/mol. The molecule has 8 nitrogen and oxygen atoms in total. The summed E-state index contributed by atoms with van der Waals surface area (Å²) in [6.07, 6.45) is 0. The molecular formula is C13H18N6O2S2. The van der Waals surface area contributed by atoms with Crippen molar-refractivity contribution in [2.24, 2.45) is 14.6 Å². The molecule has 1 N–H and O–H groups in total. The molecule has 2 aromatic rings. The molecule has 0 radical (unpaired) electrons. The molecule has 23 heavy (non-hydrogen) atoms. The number of rotatable bonds is 5. The van der Waals surface area contributed by atoms with Crippen LogP contribution < -0.4 is 4.90 Å². The lowest BCUT2D eigenvalue weighted by molar-refractivity contribution is 0.553. The van der Waals surface area contributed by atoms with Gasteiger partial charge in [-0.05, 0) is 25.1 Å². The SMILES string of the molecule is CCS(=O)(O)=Nc1cc(N(C)C)ccc1N=Nc1nnc(C)s1. The van der Waals surface area contributed by atoms with Crippen LogP contribution in [0.5, 0.6) is 0 Å². The van der Waals surface area contributed by atoms with E-state index in [1.54, 1.807) is 19.1 Å². The first kappa shape index (κ1) is 17.4. The third kappa shape index (κ3) is 4.78. The molecule has 1 heterocycles. The van der Waals surface area contributed by atoms with Crippen molar-refractivity contribution in [1.82, 2.24) is 10.2 Å². The van der Waals surface area contributed by atoms with Gasteiger partial charge in [0.25, 0.3) is 5.13 Å². The summed E-state index contributed by atoms with van der Waals surface area (Å²) in [5, 5.41) is 17.0. The van der Waals surface area contributed by atoms with E-state index in [-0.39, 0.29) is 5.75 Å². The van der Waals surface area contributed by atoms with Crippen LogP contribution in [0.4, 0.5) is 22.2 Å². The van der Waals surface area contributed by atoms with Gasteiger partial charge in [-0.15, -0.1) is 20.4 Å². The summed E-state index contributed by atoms with van der Waals surface area (Å²) < 4.78 is 25.6. The average Bonchev–Trinajstić information content (AvgIpc) is 2.91. The van der Waals surface area contributed by atoms with E-state index in [1.165, 1.54) is 11.3 Å². The van der Waals surface area contributed by atoms with Crippen LogP contribution in [0, 0.1) is 6.92 Å². The molecule has 0 fully saturated rings. The van der Waals surface area contributed by atoms with Gasteiger partial charge in [0.05, 0.1) is 5.75 Å². The number of anilines is 1. The molecule has 0 bridgehead atoms. The Balaban J connectivity index is 2.48. The van der Waals surface area contributed by atoms with Crippen molar-refractivity contribution in [3.63, 3.8) is 0 Å². The smallest absolute Gasteiger partial charge is 0.251 e. The van der Waals surface area contributed by atoms with E-state index < -0.39 is 10.0 Å². The quantitative estimate of drug-likeness (QED) is 0.820. The maximum absolute atomic E-state index is 11.9. The first-order chi connectivity index (χ1) is 10.8. The zero-order valence-electron chi connectivity index (χ0n) is 13.3. The minimum Gasteiger partial charge on any atom is -0.378 e. The molecule has 1 aromatic carbocycles. The fourth-order valence-electron chi connectivity index (χ4n) is 1.59. The first-order valence-corrected chi connectivity index (χ1v) is 9.27. The number of aromatic nitrogens is 2. The molecule has 0 saturated heterocycles. The highest BCUT2D eigenvalue weighted by Crippen LogP contribution is 2.34. The van der Waals surface area contributed by atoms with Gasteiger partial charge in [-0.3, -0.25) is 0 Å². The summed E-state index contributed by atoms with van der Waals surface area (Å²) in [7, 11) is 0.464. The largest absolute Gasteiger partial charge is 0.378 e. The number of benzene rings is 1. The van der Waals surface area contributed by atoms with Gasteiger partial charge in [-0.2, -0.15) is 4.36 Å². The predicted octanol–water partition coefficient (Wildman–Crippen LogP) is 3.92. The van der Waals surface area contributed by atoms with Crippen LogP contribution in [-0.4, -0.2) is 38.8 Å². The van der Waals surface area contributed by atoms with Crippen LogP contribution in [-0.2, 0) is 10.0 Å². The average molecular weight is 354 g/mol. The fourth-order valence-corrected chi connectivity index (χ4v) is 2.68. The lowest BCUT2D eigenvalue weighted by Crippen LogP contribution is -2.08. The lowest BCUT2D eigenvalue weighted by atomic mass is 10.2. The Morgan fingerprint density at radius 3 is 2.57 bits per heavy atom. The molecule has 0 amide bonds. The van der Waals surface area contributed by atoms with Gasteiger partial charge in [-0.25, -0.2) is 4.21 Å². The normalized spacial score (nSPS) is 14.0. The van der Waals surface area contributed by atoms with Crippen LogP contribution in [0.15, 0.2) is 32.8 Å². The number of nitrogens with zero attached hydrogens (tertiary/aromatic N) is 6. The van der Waals surface area contributed by atoms with Crippen LogP contribution in [0.3, 0.4) is 0 Å². The second-order valence-electron chi connectivity index (χ2n) is 4.86. The zero-order chi connectivity index (χ0) is 17.0. The van der Waals surface area contributed by atoms with Crippen molar-refractivity contribution in [1.29, 1.82) is 0 Å². The van der Waals surface area contributed by atoms with Crippen LogP contribution in [0.1, 0.15) is 11.9 Å². The highest BCUT2D eigenvalue weighted by molar-refractivity contribution is 7.88. The summed E-state index contributed by atoms with van der Waals surface area (Å²) in [6, 6.07) is 5.24. The van der Waals surface area contributed by atoms with E-state index >= 15 is 0 Å². The number of aryl methyl sites for hydroxylation is 1. The van der Waals surface area contributed by atoms with Gasteiger partial charge in [0.15, 0.2) is 10.0 Å². The van der Waals surface area contributed by atoms with Crippen LogP contribution in [0.25, 0.3) is 0 Å². The van der Waals surface area contributed by atoms with Crippen LogP contribution in [0.2, 0.25) is 0 Å². The third-order valence-electron chi connectivity index (χ3n) is 2.85. The Bertz CT molecular complexity index is 837. The molecule has 0 spiro atoms. The molecule has 0 saturated carbocycles. The fraction of sp³-hybridized carbons (Fsp3) is 0.385. The summed E-state index contributed by atoms with van der Waals surface area (Å²) in [5.41, 5.74) is 1.56. The molecule has 1 atom stereocenters. The zero-order valence-corrected chi connectivity index (χ0v) is 14.9. The summed E-state index contributed by atoms with van der Waals surface area (Å²) in [6.45, 7) is 3.43. The van der Waals surface area contributed by atoms with E-state index in [1.807, 2.05) is 32.0 Å². The number of hydrogen-bond acceptors (Lipinski definition) is 8. The summed E-state index contributed by atoms with van der Waals surface area (Å²) in [4.78, 5) is 1.87. The standard InChI is InChI=1S/C13H18N6O2S2/c1-5-23(20,21)18-12-8-10(19(3)4)6-7-11(12)15-17-13-16-14-9(2)22-13/h6-8H,5H2,1-4H3,(H,18,20,21). The maximum Gasteiger partial charge on any atom is 0.251 e. The van der Waals surface area contributed by atoms with E-state index in [2.05, 4.69) is 24.8 Å². The third-order valence-corrected chi connectivity index (χ3v) is 4.81. The van der Waals surface area contributed by atoms with Crippen molar-refractivity contribution < 1.29 is 8.76 Å². The molecule has 0 aliphatic rings. The van der Waals surface area contributed by atoms with Gasteiger partial charge in [0.1, 0.15) is 16.4 Å². The second kappa shape index (κ2) is 7.11. The molecule has 124 valence electrons. The predicted molar refractivity (Wildman–Crippen MR) is 93.0 cm³/mol. The molecule has 2 rings (SSSR count). The van der Waals surface area contributed by atoms with Gasteiger partial charge in [0.2, 0.25) is 0 Å². The molecule has 10 heteroatoms. The minimum absolute atomic E-state index is 0.0331. The van der Waals surface area contributed by atoms with E-state index in [0.717, 1.165) is 10.7 Å². The molecule has 1 unspecified atom stereocenters. The Kier molecular flexibility index (Phi) is 5.39. The molecular weight excluding hydrogens is 336 g/mol. The number of hydrogen-bond donors (Lipinski definition) is 1. The highest BCUT2D eigenvalue weighted by atomic mass is 32.2. The summed E-state index contributed by atoms with van der Waals surface area (Å²) >= 11 is 1.31. The van der Waals surface area contributed by atoms with Crippen LogP contribution >= 0.6 is 11.3 Å². The Labute approximate surface area is 139 Å². The maximum atomic E-state index is 11.9. The highest BCUT2D eigenvalue weighted by Gasteiger charge is 2.09.